The maximum absolute atomic E-state index is 13.7. The van der Waals surface area contributed by atoms with Gasteiger partial charge in [0, 0.05) is 10.5 Å². The number of carbonyl (C=O) groups is 1. The topological polar surface area (TPSA) is 35.5 Å². The van der Waals surface area contributed by atoms with Crippen molar-refractivity contribution >= 4 is 23.6 Å². The summed E-state index contributed by atoms with van der Waals surface area (Å²) in [6.07, 6.45) is 3.73. The maximum Gasteiger partial charge on any atom is 0.196 e. The number of benzene rings is 2. The summed E-state index contributed by atoms with van der Waals surface area (Å²) in [6.45, 7) is 0.0629. The minimum Gasteiger partial charge on any atom is -0.496 e. The smallest absolute Gasteiger partial charge is 0.196 e. The summed E-state index contributed by atoms with van der Waals surface area (Å²) < 4.78 is 24.4. The predicted octanol–water partition coefficient (Wildman–Crippen LogP) is 4.21. The van der Waals surface area contributed by atoms with Crippen molar-refractivity contribution in [2.45, 2.75) is 4.90 Å². The van der Waals surface area contributed by atoms with E-state index in [4.69, 9.17) is 9.47 Å². The van der Waals surface area contributed by atoms with Crippen molar-refractivity contribution in [3.8, 4) is 11.5 Å². The Morgan fingerprint density at radius 2 is 2.13 bits per heavy atom. The molecule has 5 heteroatoms. The number of halogens is 1. The van der Waals surface area contributed by atoms with E-state index in [1.165, 1.54) is 12.1 Å². The van der Waals surface area contributed by atoms with Crippen molar-refractivity contribution < 1.29 is 18.7 Å². The third-order valence-corrected chi connectivity index (χ3v) is 4.38. The van der Waals surface area contributed by atoms with E-state index in [-0.39, 0.29) is 23.7 Å². The summed E-state index contributed by atoms with van der Waals surface area (Å²) in [5, 5.41) is 0. The van der Waals surface area contributed by atoms with Crippen LogP contribution in [0.25, 0.3) is 6.08 Å². The molecule has 0 unspecified atom stereocenters. The quantitative estimate of drug-likeness (QED) is 0.624. The van der Waals surface area contributed by atoms with Gasteiger partial charge in [0.15, 0.2) is 17.3 Å². The van der Waals surface area contributed by atoms with Crippen LogP contribution in [0.1, 0.15) is 15.9 Å². The van der Waals surface area contributed by atoms with Crippen LogP contribution >= 0.6 is 11.8 Å². The number of ketones is 1. The highest BCUT2D eigenvalue weighted by molar-refractivity contribution is 7.98. The first kappa shape index (κ1) is 15.6. The second kappa shape index (κ2) is 6.46. The van der Waals surface area contributed by atoms with Gasteiger partial charge in [-0.2, -0.15) is 0 Å². The van der Waals surface area contributed by atoms with Crippen LogP contribution in [-0.4, -0.2) is 25.8 Å². The minimum atomic E-state index is -0.510. The summed E-state index contributed by atoms with van der Waals surface area (Å²) >= 11 is 1.57. The van der Waals surface area contributed by atoms with Crippen molar-refractivity contribution in [1.82, 2.24) is 0 Å². The summed E-state index contributed by atoms with van der Waals surface area (Å²) in [4.78, 5) is 13.5. The number of rotatable bonds is 3. The molecule has 0 radical (unpaired) electrons. The molecule has 2 aromatic rings. The number of methoxy groups -OCH3 is 1. The Kier molecular flexibility index (Phi) is 4.39. The van der Waals surface area contributed by atoms with E-state index >= 15 is 0 Å². The molecule has 118 valence electrons. The molecule has 0 N–H and O–H groups in total. The van der Waals surface area contributed by atoms with Gasteiger partial charge >= 0.3 is 0 Å². The van der Waals surface area contributed by atoms with E-state index < -0.39 is 5.82 Å². The Hall–Kier alpha value is -2.27. The molecule has 0 saturated carbocycles. The number of para-hydroxylation sites is 1. The second-order valence-electron chi connectivity index (χ2n) is 5.02. The molecule has 0 spiro atoms. The number of thioether (sulfide) groups is 1. The SMILES string of the molecule is COc1ccc(/C=C2/COc3c(F)cccc3C2=O)cc1SC. The Labute approximate surface area is 138 Å². The summed E-state index contributed by atoms with van der Waals surface area (Å²) in [5.74, 6) is 0.115. The van der Waals surface area contributed by atoms with Gasteiger partial charge in [0.05, 0.1) is 12.7 Å². The standard InChI is InChI=1S/C18H15FO3S/c1-21-15-7-6-11(9-16(15)23-2)8-12-10-22-18-13(17(12)20)4-3-5-14(18)19/h3-9H,10H2,1-2H3/b12-8-. The highest BCUT2D eigenvalue weighted by atomic mass is 32.2. The Balaban J connectivity index is 1.97. The second-order valence-corrected chi connectivity index (χ2v) is 5.87. The van der Waals surface area contributed by atoms with Crippen LogP contribution in [0.2, 0.25) is 0 Å². The lowest BCUT2D eigenvalue weighted by atomic mass is 9.98. The molecular weight excluding hydrogens is 315 g/mol. The van der Waals surface area contributed by atoms with E-state index in [1.54, 1.807) is 31.0 Å². The molecule has 1 aliphatic heterocycles. The zero-order valence-corrected chi connectivity index (χ0v) is 13.6. The monoisotopic (exact) mass is 330 g/mol. The fourth-order valence-electron chi connectivity index (χ4n) is 2.47. The van der Waals surface area contributed by atoms with E-state index in [0.29, 0.717) is 5.57 Å². The lowest BCUT2D eigenvalue weighted by Gasteiger charge is -2.19. The van der Waals surface area contributed by atoms with Crippen LogP contribution in [0, 0.1) is 5.82 Å². The van der Waals surface area contributed by atoms with Crippen molar-refractivity contribution in [3.05, 3.63) is 58.9 Å². The maximum atomic E-state index is 13.7. The molecule has 0 amide bonds. The third-order valence-electron chi connectivity index (χ3n) is 3.62. The molecule has 1 heterocycles. The van der Waals surface area contributed by atoms with Crippen LogP contribution in [0.4, 0.5) is 4.39 Å². The van der Waals surface area contributed by atoms with Gasteiger partial charge in [-0.05, 0) is 42.2 Å². The van der Waals surface area contributed by atoms with Gasteiger partial charge in [0.1, 0.15) is 12.4 Å². The molecule has 23 heavy (non-hydrogen) atoms. The zero-order chi connectivity index (χ0) is 16.4. The number of ether oxygens (including phenoxy) is 2. The fraction of sp³-hybridized carbons (Fsp3) is 0.167. The van der Waals surface area contributed by atoms with Crippen LogP contribution in [0.15, 0.2) is 46.9 Å². The lowest BCUT2D eigenvalue weighted by molar-refractivity contribution is 0.0998. The van der Waals surface area contributed by atoms with E-state index in [1.807, 2.05) is 24.5 Å². The molecule has 0 saturated heterocycles. The first-order chi connectivity index (χ1) is 11.1. The van der Waals surface area contributed by atoms with E-state index in [0.717, 1.165) is 16.2 Å². The van der Waals surface area contributed by atoms with Gasteiger partial charge in [0.25, 0.3) is 0 Å². The number of hydrogen-bond donors (Lipinski definition) is 0. The third kappa shape index (κ3) is 2.97. The molecule has 0 aliphatic carbocycles. The minimum absolute atomic E-state index is 0.0363. The molecule has 2 aromatic carbocycles. The van der Waals surface area contributed by atoms with Crippen molar-refractivity contribution in [2.75, 3.05) is 20.0 Å². The van der Waals surface area contributed by atoms with E-state index in [9.17, 15) is 9.18 Å². The molecule has 0 fully saturated rings. The summed E-state index contributed by atoms with van der Waals surface area (Å²) in [6, 6.07) is 10.1. The van der Waals surface area contributed by atoms with Crippen molar-refractivity contribution in [1.29, 1.82) is 0 Å². The average molecular weight is 330 g/mol. The van der Waals surface area contributed by atoms with E-state index in [2.05, 4.69) is 0 Å². The number of carbonyl (C=O) groups excluding carboxylic acids is 1. The Morgan fingerprint density at radius 3 is 2.87 bits per heavy atom. The first-order valence-electron chi connectivity index (χ1n) is 7.02. The van der Waals surface area contributed by atoms with Crippen LogP contribution in [0.3, 0.4) is 0 Å². The van der Waals surface area contributed by atoms with Gasteiger partial charge in [-0.1, -0.05) is 12.1 Å². The summed E-state index contributed by atoms with van der Waals surface area (Å²) in [7, 11) is 1.62. The first-order valence-corrected chi connectivity index (χ1v) is 8.25. The number of fused-ring (bicyclic) bond motifs is 1. The van der Waals surface area contributed by atoms with Gasteiger partial charge in [-0.25, -0.2) is 4.39 Å². The number of hydrogen-bond acceptors (Lipinski definition) is 4. The predicted molar refractivity (Wildman–Crippen MR) is 89.0 cm³/mol. The molecule has 0 atom stereocenters. The Bertz CT molecular complexity index is 799. The largest absolute Gasteiger partial charge is 0.496 e. The average Bonchev–Trinajstić information content (AvgIpc) is 2.58. The molecule has 1 aliphatic rings. The number of Topliss-reactive ketones (excluding diaryl/α,β-unsaturated/α-hetero) is 1. The normalized spacial score (nSPS) is 15.3. The Morgan fingerprint density at radius 1 is 1.30 bits per heavy atom. The van der Waals surface area contributed by atoms with Crippen molar-refractivity contribution in [3.63, 3.8) is 0 Å². The molecule has 3 rings (SSSR count). The highest BCUT2D eigenvalue weighted by Crippen LogP contribution is 2.32. The van der Waals surface area contributed by atoms with Gasteiger partial charge < -0.3 is 9.47 Å². The van der Waals surface area contributed by atoms with Crippen LogP contribution < -0.4 is 9.47 Å². The lowest BCUT2D eigenvalue weighted by Crippen LogP contribution is -2.19. The van der Waals surface area contributed by atoms with Crippen LogP contribution in [-0.2, 0) is 0 Å². The van der Waals surface area contributed by atoms with Crippen molar-refractivity contribution in [2.24, 2.45) is 0 Å². The van der Waals surface area contributed by atoms with Crippen LogP contribution in [0.5, 0.6) is 11.5 Å². The van der Waals surface area contributed by atoms with Gasteiger partial charge in [-0.15, -0.1) is 11.8 Å². The highest BCUT2D eigenvalue weighted by Gasteiger charge is 2.25. The molecule has 3 nitrogen and oxygen atoms in total. The fourth-order valence-corrected chi connectivity index (χ4v) is 3.08. The zero-order valence-electron chi connectivity index (χ0n) is 12.8. The molecule has 0 bridgehead atoms. The molecule has 0 aromatic heterocycles. The molecular formula is C18H15FO3S. The van der Waals surface area contributed by atoms with Gasteiger partial charge in [-0.3, -0.25) is 4.79 Å². The summed E-state index contributed by atoms with van der Waals surface area (Å²) in [5.41, 5.74) is 1.64. The van der Waals surface area contributed by atoms with Gasteiger partial charge in [0.2, 0.25) is 0 Å².